The first-order valence-electron chi connectivity index (χ1n) is 7.90. The van der Waals surface area contributed by atoms with E-state index in [1.165, 1.54) is 0 Å². The zero-order valence-electron chi connectivity index (χ0n) is 12.4. The van der Waals surface area contributed by atoms with E-state index in [4.69, 9.17) is 0 Å². The van der Waals surface area contributed by atoms with Crippen molar-refractivity contribution < 1.29 is 18.0 Å². The molecule has 1 spiro atoms. The van der Waals surface area contributed by atoms with E-state index in [0.29, 0.717) is 0 Å². The van der Waals surface area contributed by atoms with E-state index in [1.807, 2.05) is 0 Å². The van der Waals surface area contributed by atoms with Crippen LogP contribution in [0, 0.1) is 17.3 Å². The lowest BCUT2D eigenvalue weighted by Gasteiger charge is -2.32. The van der Waals surface area contributed by atoms with Crippen LogP contribution in [0.5, 0.6) is 0 Å². The summed E-state index contributed by atoms with van der Waals surface area (Å²) in [4.78, 5) is 13.8. The highest BCUT2D eigenvalue weighted by molar-refractivity contribution is 5.83. The Morgan fingerprint density at radius 2 is 1.95 bits per heavy atom. The predicted octanol–water partition coefficient (Wildman–Crippen LogP) is 2.57. The van der Waals surface area contributed by atoms with Crippen molar-refractivity contribution >= 4 is 5.91 Å². The van der Waals surface area contributed by atoms with Crippen LogP contribution in [0.15, 0.2) is 0 Å². The van der Waals surface area contributed by atoms with Gasteiger partial charge in [-0.3, -0.25) is 4.79 Å². The van der Waals surface area contributed by atoms with E-state index >= 15 is 0 Å². The molecule has 0 aromatic heterocycles. The molecule has 0 radical (unpaired) electrons. The minimum Gasteiger partial charge on any atom is -0.330 e. The number of amides is 1. The largest absolute Gasteiger partial charge is 0.406 e. The normalized spacial score (nSPS) is 29.2. The highest BCUT2D eigenvalue weighted by atomic mass is 19.4. The van der Waals surface area contributed by atoms with Gasteiger partial charge in [0.15, 0.2) is 0 Å². The van der Waals surface area contributed by atoms with Gasteiger partial charge in [-0.2, -0.15) is 13.2 Å². The number of rotatable bonds is 4. The smallest absolute Gasteiger partial charge is 0.330 e. The summed E-state index contributed by atoms with van der Waals surface area (Å²) >= 11 is 0. The molecule has 3 nitrogen and oxygen atoms in total. The van der Waals surface area contributed by atoms with E-state index in [-0.39, 0.29) is 29.2 Å². The maximum absolute atomic E-state index is 12.8. The molecule has 2 aliphatic carbocycles. The molecular weight excluding hydrogens is 281 g/mol. The Bertz CT molecular complexity index is 414. The molecule has 3 fully saturated rings. The van der Waals surface area contributed by atoms with Gasteiger partial charge in [0.25, 0.3) is 0 Å². The average molecular weight is 304 g/mol. The average Bonchev–Trinajstić information content (AvgIpc) is 3.30. The van der Waals surface area contributed by atoms with Crippen molar-refractivity contribution in [3.63, 3.8) is 0 Å². The van der Waals surface area contributed by atoms with Crippen LogP contribution in [0.25, 0.3) is 0 Å². The number of piperidine rings is 1. The number of carbonyl (C=O) groups excluding carboxylic acids is 1. The standard InChI is InChI=1S/C15H23F3N2O/c1-10(11-2-3-11)20(9-15(16,17)18)13(21)12-8-14(12)4-6-19-7-5-14/h10-12,19H,2-9H2,1H3. The number of alkyl halides is 3. The third kappa shape index (κ3) is 3.20. The molecule has 1 amide bonds. The molecule has 0 aromatic rings. The number of hydrogen-bond donors (Lipinski definition) is 1. The lowest BCUT2D eigenvalue weighted by atomic mass is 9.91. The number of carbonyl (C=O) groups is 1. The SMILES string of the molecule is CC(C1CC1)N(CC(F)(F)F)C(=O)C1CC12CCNCC2. The summed E-state index contributed by atoms with van der Waals surface area (Å²) in [5, 5.41) is 3.25. The van der Waals surface area contributed by atoms with Crippen molar-refractivity contribution in [3.05, 3.63) is 0 Å². The third-order valence-corrected chi connectivity index (χ3v) is 5.52. The van der Waals surface area contributed by atoms with Gasteiger partial charge in [0.1, 0.15) is 6.54 Å². The molecule has 6 heteroatoms. The van der Waals surface area contributed by atoms with Crippen LogP contribution in [0.4, 0.5) is 13.2 Å². The van der Waals surface area contributed by atoms with Crippen LogP contribution < -0.4 is 5.32 Å². The zero-order valence-corrected chi connectivity index (χ0v) is 12.4. The van der Waals surface area contributed by atoms with Crippen LogP contribution in [-0.2, 0) is 4.79 Å². The molecule has 21 heavy (non-hydrogen) atoms. The molecule has 2 saturated carbocycles. The number of nitrogens with one attached hydrogen (secondary N) is 1. The van der Waals surface area contributed by atoms with E-state index < -0.39 is 12.7 Å². The molecule has 1 aliphatic heterocycles. The fraction of sp³-hybridized carbons (Fsp3) is 0.933. The number of halogens is 3. The van der Waals surface area contributed by atoms with Gasteiger partial charge in [-0.05, 0) is 63.5 Å². The molecule has 2 unspecified atom stereocenters. The summed E-state index contributed by atoms with van der Waals surface area (Å²) in [5.41, 5.74) is -0.00451. The summed E-state index contributed by atoms with van der Waals surface area (Å²) < 4.78 is 38.5. The maximum atomic E-state index is 12.8. The minimum atomic E-state index is -4.31. The second-order valence-corrected chi connectivity index (χ2v) is 7.03. The molecule has 0 aromatic carbocycles. The zero-order chi connectivity index (χ0) is 15.3. The quantitative estimate of drug-likeness (QED) is 0.866. The fourth-order valence-electron chi connectivity index (χ4n) is 3.82. The first kappa shape index (κ1) is 15.1. The van der Waals surface area contributed by atoms with Crippen molar-refractivity contribution in [3.8, 4) is 0 Å². The van der Waals surface area contributed by atoms with Crippen molar-refractivity contribution in [1.82, 2.24) is 10.2 Å². The molecular formula is C15H23F3N2O. The topological polar surface area (TPSA) is 32.3 Å². The predicted molar refractivity (Wildman–Crippen MR) is 72.6 cm³/mol. The first-order chi connectivity index (χ1) is 9.82. The van der Waals surface area contributed by atoms with Gasteiger partial charge in [-0.25, -0.2) is 0 Å². The Hall–Kier alpha value is -0.780. The van der Waals surface area contributed by atoms with Gasteiger partial charge < -0.3 is 10.2 Å². The van der Waals surface area contributed by atoms with Crippen LogP contribution >= 0.6 is 0 Å². The van der Waals surface area contributed by atoms with Gasteiger partial charge in [-0.1, -0.05) is 0 Å². The van der Waals surface area contributed by atoms with Crippen LogP contribution in [0.3, 0.4) is 0 Å². The summed E-state index contributed by atoms with van der Waals surface area (Å²) in [7, 11) is 0. The second kappa shape index (κ2) is 5.14. The Morgan fingerprint density at radius 3 is 2.48 bits per heavy atom. The number of nitrogens with zero attached hydrogens (tertiary/aromatic N) is 1. The first-order valence-corrected chi connectivity index (χ1v) is 7.90. The molecule has 1 N–H and O–H groups in total. The molecule has 3 rings (SSSR count). The minimum absolute atomic E-state index is 0.00451. The highest BCUT2D eigenvalue weighted by Crippen LogP contribution is 2.59. The summed E-state index contributed by atoms with van der Waals surface area (Å²) in [5.74, 6) is -0.171. The lowest BCUT2D eigenvalue weighted by Crippen LogP contribution is -2.47. The van der Waals surface area contributed by atoms with Gasteiger partial charge in [0.05, 0.1) is 0 Å². The van der Waals surface area contributed by atoms with Gasteiger partial charge in [0.2, 0.25) is 5.91 Å². The van der Waals surface area contributed by atoms with Crippen molar-refractivity contribution in [1.29, 1.82) is 0 Å². The van der Waals surface area contributed by atoms with E-state index in [0.717, 1.165) is 50.1 Å². The maximum Gasteiger partial charge on any atom is 0.406 e. The van der Waals surface area contributed by atoms with E-state index in [1.54, 1.807) is 6.92 Å². The molecule has 0 bridgehead atoms. The number of hydrogen-bond acceptors (Lipinski definition) is 2. The highest BCUT2D eigenvalue weighted by Gasteiger charge is 2.59. The van der Waals surface area contributed by atoms with E-state index in [2.05, 4.69) is 5.32 Å². The van der Waals surface area contributed by atoms with Gasteiger partial charge in [0, 0.05) is 12.0 Å². The van der Waals surface area contributed by atoms with Crippen LogP contribution in [0.1, 0.15) is 39.0 Å². The summed E-state index contributed by atoms with van der Waals surface area (Å²) in [6, 6.07) is -0.279. The Kier molecular flexibility index (Phi) is 3.71. The molecule has 2 atom stereocenters. The van der Waals surface area contributed by atoms with Crippen molar-refractivity contribution in [2.24, 2.45) is 17.3 Å². The molecule has 120 valence electrons. The van der Waals surface area contributed by atoms with Crippen LogP contribution in [-0.4, -0.2) is 42.7 Å². The monoisotopic (exact) mass is 304 g/mol. The fourth-order valence-corrected chi connectivity index (χ4v) is 3.82. The van der Waals surface area contributed by atoms with Crippen LogP contribution in [0.2, 0.25) is 0 Å². The Balaban J connectivity index is 1.69. The van der Waals surface area contributed by atoms with Gasteiger partial charge >= 0.3 is 6.18 Å². The summed E-state index contributed by atoms with van der Waals surface area (Å²) in [6.07, 6.45) is 0.196. The van der Waals surface area contributed by atoms with Crippen molar-refractivity contribution in [2.75, 3.05) is 19.6 Å². The molecule has 1 saturated heterocycles. The van der Waals surface area contributed by atoms with Gasteiger partial charge in [-0.15, -0.1) is 0 Å². The Morgan fingerprint density at radius 1 is 1.33 bits per heavy atom. The van der Waals surface area contributed by atoms with E-state index in [9.17, 15) is 18.0 Å². The Labute approximate surface area is 123 Å². The lowest BCUT2D eigenvalue weighted by molar-refractivity contribution is -0.167. The summed E-state index contributed by atoms with van der Waals surface area (Å²) in [6.45, 7) is 2.44. The molecule has 3 aliphatic rings. The van der Waals surface area contributed by atoms with Crippen molar-refractivity contribution in [2.45, 2.75) is 51.2 Å². The molecule has 1 heterocycles. The third-order valence-electron chi connectivity index (χ3n) is 5.52. The second-order valence-electron chi connectivity index (χ2n) is 7.03.